The van der Waals surface area contributed by atoms with E-state index in [0.29, 0.717) is 23.1 Å². The predicted octanol–water partition coefficient (Wildman–Crippen LogP) is 3.04. The first-order valence-corrected chi connectivity index (χ1v) is 7.33. The third-order valence-corrected chi connectivity index (χ3v) is 3.87. The van der Waals surface area contributed by atoms with Gasteiger partial charge < -0.3 is 15.0 Å². The Balaban J connectivity index is 1.89. The molecule has 110 valence electrons. The molecule has 20 heavy (non-hydrogen) atoms. The molecule has 4 nitrogen and oxygen atoms in total. The number of nitrogens with one attached hydrogen (secondary N) is 1. The molecule has 1 fully saturated rings. The van der Waals surface area contributed by atoms with Gasteiger partial charge in [-0.25, -0.2) is 0 Å². The van der Waals surface area contributed by atoms with Crippen molar-refractivity contribution < 1.29 is 9.53 Å². The lowest BCUT2D eigenvalue weighted by atomic mass is 10.2. The maximum Gasteiger partial charge on any atom is 0.242 e. The molecule has 0 bridgehead atoms. The highest BCUT2D eigenvalue weighted by molar-refractivity contribution is 6.42. The van der Waals surface area contributed by atoms with Crippen molar-refractivity contribution in [3.8, 4) is 0 Å². The van der Waals surface area contributed by atoms with Gasteiger partial charge in [-0.05, 0) is 32.0 Å². The lowest BCUT2D eigenvalue weighted by molar-refractivity contribution is -0.141. The van der Waals surface area contributed by atoms with Gasteiger partial charge in [0.25, 0.3) is 0 Å². The van der Waals surface area contributed by atoms with Crippen LogP contribution in [0.2, 0.25) is 10.0 Å². The molecule has 1 saturated heterocycles. The van der Waals surface area contributed by atoms with Crippen molar-refractivity contribution in [2.75, 3.05) is 25.0 Å². The van der Waals surface area contributed by atoms with Crippen molar-refractivity contribution in [2.24, 2.45) is 0 Å². The van der Waals surface area contributed by atoms with E-state index in [1.807, 2.05) is 18.7 Å². The second kappa shape index (κ2) is 6.66. The van der Waals surface area contributed by atoms with Crippen LogP contribution in [0.1, 0.15) is 13.8 Å². The van der Waals surface area contributed by atoms with Crippen LogP contribution in [0.15, 0.2) is 18.2 Å². The first-order valence-electron chi connectivity index (χ1n) is 6.58. The Morgan fingerprint density at radius 2 is 1.95 bits per heavy atom. The Labute approximate surface area is 129 Å². The summed E-state index contributed by atoms with van der Waals surface area (Å²) in [6.07, 6.45) is 0.153. The van der Waals surface area contributed by atoms with E-state index in [1.165, 1.54) is 0 Å². The van der Waals surface area contributed by atoms with E-state index in [2.05, 4.69) is 5.32 Å². The van der Waals surface area contributed by atoms with Gasteiger partial charge >= 0.3 is 0 Å². The van der Waals surface area contributed by atoms with Gasteiger partial charge in [-0.1, -0.05) is 23.2 Å². The van der Waals surface area contributed by atoms with Crippen molar-refractivity contribution in [1.29, 1.82) is 0 Å². The fourth-order valence-corrected chi connectivity index (χ4v) is 2.58. The quantitative estimate of drug-likeness (QED) is 0.932. The van der Waals surface area contributed by atoms with E-state index in [0.717, 1.165) is 5.69 Å². The molecule has 0 saturated carbocycles. The van der Waals surface area contributed by atoms with Crippen LogP contribution in [-0.2, 0) is 9.53 Å². The molecule has 0 unspecified atom stereocenters. The van der Waals surface area contributed by atoms with E-state index in [-0.39, 0.29) is 24.7 Å². The molecule has 1 heterocycles. The second-order valence-corrected chi connectivity index (χ2v) is 5.85. The van der Waals surface area contributed by atoms with Crippen LogP contribution in [0.5, 0.6) is 0 Å². The number of carbonyl (C=O) groups is 1. The number of benzene rings is 1. The first-order chi connectivity index (χ1) is 9.45. The van der Waals surface area contributed by atoms with Gasteiger partial charge in [0.15, 0.2) is 0 Å². The smallest absolute Gasteiger partial charge is 0.242 e. The largest absolute Gasteiger partial charge is 0.376 e. The fourth-order valence-electron chi connectivity index (χ4n) is 2.28. The Morgan fingerprint density at radius 1 is 1.30 bits per heavy atom. The summed E-state index contributed by atoms with van der Waals surface area (Å²) in [6.45, 7) is 5.44. The normalized spacial score (nSPS) is 22.7. The van der Waals surface area contributed by atoms with Crippen molar-refractivity contribution in [2.45, 2.75) is 26.1 Å². The average molecular weight is 317 g/mol. The van der Waals surface area contributed by atoms with Crippen LogP contribution in [0, 0.1) is 0 Å². The van der Waals surface area contributed by atoms with Gasteiger partial charge in [-0.15, -0.1) is 0 Å². The zero-order chi connectivity index (χ0) is 14.7. The Bertz CT molecular complexity index is 486. The van der Waals surface area contributed by atoms with Gasteiger partial charge in [0.05, 0.1) is 28.8 Å². The lowest BCUT2D eigenvalue weighted by Gasteiger charge is -2.35. The van der Waals surface area contributed by atoms with Gasteiger partial charge in [-0.3, -0.25) is 4.79 Å². The van der Waals surface area contributed by atoms with Crippen LogP contribution >= 0.6 is 23.2 Å². The number of carbonyl (C=O) groups excluding carboxylic acids is 1. The van der Waals surface area contributed by atoms with Crippen LogP contribution in [0.3, 0.4) is 0 Å². The molecule has 1 aliphatic heterocycles. The van der Waals surface area contributed by atoms with Gasteiger partial charge in [0, 0.05) is 18.8 Å². The van der Waals surface area contributed by atoms with E-state index in [1.54, 1.807) is 18.2 Å². The minimum absolute atomic E-state index is 0.0538. The van der Waals surface area contributed by atoms with Crippen LogP contribution in [0.25, 0.3) is 0 Å². The molecule has 0 radical (unpaired) electrons. The fraction of sp³-hybridized carbons (Fsp3) is 0.500. The van der Waals surface area contributed by atoms with Crippen molar-refractivity contribution in [3.05, 3.63) is 28.2 Å². The summed E-state index contributed by atoms with van der Waals surface area (Å²) in [4.78, 5) is 14.0. The average Bonchev–Trinajstić information content (AvgIpc) is 2.38. The number of hydrogen-bond acceptors (Lipinski definition) is 3. The summed E-state index contributed by atoms with van der Waals surface area (Å²) in [5.74, 6) is 0.0538. The van der Waals surface area contributed by atoms with Crippen LogP contribution in [-0.4, -0.2) is 42.6 Å². The summed E-state index contributed by atoms with van der Waals surface area (Å²) in [7, 11) is 0. The number of ether oxygens (including phenoxy) is 1. The third kappa shape index (κ3) is 4.01. The van der Waals surface area contributed by atoms with Crippen LogP contribution < -0.4 is 5.32 Å². The number of halogens is 2. The number of amides is 1. The molecule has 1 aromatic rings. The SMILES string of the molecule is C[C@@H]1CN(C(=O)CNc2ccc(Cl)c(Cl)c2)C[C@H](C)O1. The van der Waals surface area contributed by atoms with Gasteiger partial charge in [-0.2, -0.15) is 0 Å². The minimum atomic E-state index is 0.0538. The highest BCUT2D eigenvalue weighted by atomic mass is 35.5. The number of morpholine rings is 1. The number of rotatable bonds is 3. The number of nitrogens with zero attached hydrogens (tertiary/aromatic N) is 1. The van der Waals surface area contributed by atoms with E-state index < -0.39 is 0 Å². The maximum absolute atomic E-state index is 12.2. The summed E-state index contributed by atoms with van der Waals surface area (Å²) >= 11 is 11.8. The zero-order valence-electron chi connectivity index (χ0n) is 11.5. The summed E-state index contributed by atoms with van der Waals surface area (Å²) in [6, 6.07) is 5.21. The second-order valence-electron chi connectivity index (χ2n) is 5.04. The van der Waals surface area contributed by atoms with E-state index in [4.69, 9.17) is 27.9 Å². The Kier molecular flexibility index (Phi) is 5.13. The zero-order valence-corrected chi connectivity index (χ0v) is 13.0. The minimum Gasteiger partial charge on any atom is -0.376 e. The maximum atomic E-state index is 12.2. The lowest BCUT2D eigenvalue weighted by Crippen LogP contribution is -2.49. The topological polar surface area (TPSA) is 41.6 Å². The molecular formula is C14H18Cl2N2O2. The summed E-state index contributed by atoms with van der Waals surface area (Å²) in [5.41, 5.74) is 0.780. The Morgan fingerprint density at radius 3 is 2.55 bits per heavy atom. The molecule has 0 spiro atoms. The van der Waals surface area contributed by atoms with Crippen molar-refractivity contribution >= 4 is 34.8 Å². The molecule has 2 atom stereocenters. The third-order valence-electron chi connectivity index (χ3n) is 3.14. The van der Waals surface area contributed by atoms with Crippen molar-refractivity contribution in [1.82, 2.24) is 4.90 Å². The molecule has 1 N–H and O–H groups in total. The van der Waals surface area contributed by atoms with E-state index >= 15 is 0 Å². The molecule has 6 heteroatoms. The standard InChI is InChI=1S/C14H18Cl2N2O2/c1-9-7-18(8-10(2)20-9)14(19)6-17-11-3-4-12(15)13(16)5-11/h3-5,9-10,17H,6-8H2,1-2H3/t9-,10+. The molecular weight excluding hydrogens is 299 g/mol. The molecule has 1 aliphatic rings. The highest BCUT2D eigenvalue weighted by Gasteiger charge is 2.25. The van der Waals surface area contributed by atoms with Gasteiger partial charge in [0.1, 0.15) is 0 Å². The van der Waals surface area contributed by atoms with Gasteiger partial charge in [0.2, 0.25) is 5.91 Å². The Hall–Kier alpha value is -0.970. The molecule has 2 rings (SSSR count). The predicted molar refractivity (Wildman–Crippen MR) is 81.5 cm³/mol. The molecule has 1 amide bonds. The summed E-state index contributed by atoms with van der Waals surface area (Å²) in [5, 5.41) is 4.03. The van der Waals surface area contributed by atoms with Crippen LogP contribution in [0.4, 0.5) is 5.69 Å². The van der Waals surface area contributed by atoms with E-state index in [9.17, 15) is 4.79 Å². The summed E-state index contributed by atoms with van der Waals surface area (Å²) < 4.78 is 5.61. The highest BCUT2D eigenvalue weighted by Crippen LogP contribution is 2.24. The number of anilines is 1. The molecule has 0 aliphatic carbocycles. The van der Waals surface area contributed by atoms with Crippen molar-refractivity contribution in [3.63, 3.8) is 0 Å². The molecule has 0 aromatic heterocycles. The monoisotopic (exact) mass is 316 g/mol. The first kappa shape index (κ1) is 15.4. The molecule has 1 aromatic carbocycles. The number of hydrogen-bond donors (Lipinski definition) is 1.